The third-order valence-corrected chi connectivity index (χ3v) is 2.61. The Morgan fingerprint density at radius 3 is 2.95 bits per heavy atom. The Bertz CT molecular complexity index is 722. The molecule has 0 aliphatic heterocycles. The van der Waals surface area contributed by atoms with Crippen molar-refractivity contribution in [2.45, 2.75) is 20.0 Å². The van der Waals surface area contributed by atoms with Crippen LogP contribution in [0.3, 0.4) is 0 Å². The highest BCUT2D eigenvalue weighted by atomic mass is 16.5. The van der Waals surface area contributed by atoms with E-state index in [4.69, 9.17) is 15.7 Å². The zero-order valence-electron chi connectivity index (χ0n) is 11.2. The topological polar surface area (TPSA) is 105 Å². The molecule has 3 N–H and O–H groups in total. The summed E-state index contributed by atoms with van der Waals surface area (Å²) in [7, 11) is 0. The number of nitrogens with zero attached hydrogens (tertiary/aromatic N) is 2. The van der Waals surface area contributed by atoms with E-state index in [1.807, 2.05) is 13.8 Å². The highest BCUT2D eigenvalue weighted by Gasteiger charge is 2.12. The van der Waals surface area contributed by atoms with Gasteiger partial charge in [0.25, 0.3) is 5.91 Å². The van der Waals surface area contributed by atoms with Crippen molar-refractivity contribution in [2.24, 2.45) is 5.73 Å². The number of pyridine rings is 1. The molecule has 102 valence electrons. The van der Waals surface area contributed by atoms with E-state index in [0.29, 0.717) is 17.0 Å². The molecule has 0 fully saturated rings. The second kappa shape index (κ2) is 5.45. The number of carbonyl (C=O) groups excluding carboxylic acids is 1. The van der Waals surface area contributed by atoms with E-state index in [2.05, 4.69) is 9.97 Å². The van der Waals surface area contributed by atoms with Gasteiger partial charge in [-0.3, -0.25) is 4.79 Å². The van der Waals surface area contributed by atoms with Crippen molar-refractivity contribution in [3.63, 3.8) is 0 Å². The van der Waals surface area contributed by atoms with Gasteiger partial charge in [0.1, 0.15) is 23.0 Å². The van der Waals surface area contributed by atoms with Crippen molar-refractivity contribution in [2.75, 3.05) is 0 Å². The summed E-state index contributed by atoms with van der Waals surface area (Å²) in [5.74, 6) is -0.128. The SMILES string of the molecule is CC(C)Oc1ccnc2[nH]cc(/C=C(\C#N)C(N)=O)c12. The van der Waals surface area contributed by atoms with Gasteiger partial charge in [-0.2, -0.15) is 5.26 Å². The van der Waals surface area contributed by atoms with Gasteiger partial charge in [-0.15, -0.1) is 0 Å². The van der Waals surface area contributed by atoms with Crippen LogP contribution in [-0.2, 0) is 4.79 Å². The maximum absolute atomic E-state index is 11.1. The number of ether oxygens (including phenoxy) is 1. The van der Waals surface area contributed by atoms with Gasteiger partial charge in [0.15, 0.2) is 0 Å². The van der Waals surface area contributed by atoms with Crippen LogP contribution in [0, 0.1) is 11.3 Å². The first kappa shape index (κ1) is 13.6. The minimum absolute atomic E-state index is 0.00101. The van der Waals surface area contributed by atoms with Crippen LogP contribution in [0.4, 0.5) is 0 Å². The molecule has 0 unspecified atom stereocenters. The molecule has 6 heteroatoms. The first-order valence-electron chi connectivity index (χ1n) is 6.07. The largest absolute Gasteiger partial charge is 0.490 e. The molecule has 0 atom stereocenters. The molecule has 2 aromatic rings. The maximum atomic E-state index is 11.1. The number of aromatic nitrogens is 2. The Morgan fingerprint density at radius 2 is 2.35 bits per heavy atom. The fourth-order valence-electron chi connectivity index (χ4n) is 1.83. The van der Waals surface area contributed by atoms with E-state index < -0.39 is 5.91 Å². The van der Waals surface area contributed by atoms with Crippen LogP contribution in [0.1, 0.15) is 19.4 Å². The van der Waals surface area contributed by atoms with Gasteiger partial charge < -0.3 is 15.5 Å². The van der Waals surface area contributed by atoms with E-state index in [1.54, 1.807) is 24.5 Å². The lowest BCUT2D eigenvalue weighted by Gasteiger charge is -2.10. The number of H-pyrrole nitrogens is 1. The van der Waals surface area contributed by atoms with Gasteiger partial charge in [0, 0.05) is 18.0 Å². The van der Waals surface area contributed by atoms with Crippen molar-refractivity contribution < 1.29 is 9.53 Å². The highest BCUT2D eigenvalue weighted by molar-refractivity contribution is 6.03. The fourth-order valence-corrected chi connectivity index (χ4v) is 1.83. The number of fused-ring (bicyclic) bond motifs is 1. The van der Waals surface area contributed by atoms with Crippen LogP contribution in [0.5, 0.6) is 5.75 Å². The summed E-state index contributed by atoms with van der Waals surface area (Å²) in [6.45, 7) is 3.83. The predicted molar refractivity (Wildman–Crippen MR) is 74.6 cm³/mol. The third kappa shape index (κ3) is 2.62. The average Bonchev–Trinajstić information content (AvgIpc) is 2.79. The lowest BCUT2D eigenvalue weighted by atomic mass is 10.1. The van der Waals surface area contributed by atoms with Gasteiger partial charge in [-0.1, -0.05) is 0 Å². The number of rotatable bonds is 4. The average molecular weight is 270 g/mol. The summed E-state index contributed by atoms with van der Waals surface area (Å²) in [5.41, 5.74) is 6.28. The quantitative estimate of drug-likeness (QED) is 0.652. The number of nitrogens with one attached hydrogen (secondary N) is 1. The van der Waals surface area contributed by atoms with Gasteiger partial charge in [0.2, 0.25) is 0 Å². The minimum Gasteiger partial charge on any atom is -0.490 e. The molecule has 2 rings (SSSR count). The molecule has 0 radical (unpaired) electrons. The first-order valence-corrected chi connectivity index (χ1v) is 6.07. The molecule has 0 bridgehead atoms. The van der Waals surface area contributed by atoms with Crippen molar-refractivity contribution in [1.29, 1.82) is 5.26 Å². The Labute approximate surface area is 115 Å². The number of hydrogen-bond acceptors (Lipinski definition) is 4. The van der Waals surface area contributed by atoms with Crippen LogP contribution >= 0.6 is 0 Å². The van der Waals surface area contributed by atoms with Crippen LogP contribution in [0.15, 0.2) is 24.0 Å². The van der Waals surface area contributed by atoms with Crippen LogP contribution in [0.2, 0.25) is 0 Å². The van der Waals surface area contributed by atoms with E-state index in [-0.39, 0.29) is 11.7 Å². The lowest BCUT2D eigenvalue weighted by molar-refractivity contribution is -0.114. The number of nitriles is 1. The number of amides is 1. The van der Waals surface area contributed by atoms with Crippen molar-refractivity contribution in [3.05, 3.63) is 29.6 Å². The molecular formula is C14H14N4O2. The molecule has 0 aliphatic carbocycles. The lowest BCUT2D eigenvalue weighted by Crippen LogP contribution is -2.12. The van der Waals surface area contributed by atoms with Crippen LogP contribution < -0.4 is 10.5 Å². The van der Waals surface area contributed by atoms with E-state index in [9.17, 15) is 4.79 Å². The Kier molecular flexibility index (Phi) is 3.71. The molecule has 0 saturated heterocycles. The standard InChI is InChI=1S/C14H14N4O2/c1-8(2)20-11-3-4-17-14-12(11)10(7-18-14)5-9(6-15)13(16)19/h3-5,7-8H,1-2H3,(H2,16,19)(H,17,18)/b9-5+. The van der Waals surface area contributed by atoms with Crippen molar-refractivity contribution in [1.82, 2.24) is 9.97 Å². The van der Waals surface area contributed by atoms with Crippen molar-refractivity contribution in [3.8, 4) is 11.8 Å². The molecule has 2 aromatic heterocycles. The van der Waals surface area contributed by atoms with E-state index in [0.717, 1.165) is 5.39 Å². The normalized spacial score (nSPS) is 11.6. The second-order valence-electron chi connectivity index (χ2n) is 4.48. The number of hydrogen-bond donors (Lipinski definition) is 2. The zero-order valence-corrected chi connectivity index (χ0v) is 11.2. The van der Waals surface area contributed by atoms with Gasteiger partial charge in [-0.25, -0.2) is 4.98 Å². The smallest absolute Gasteiger partial charge is 0.259 e. The molecular weight excluding hydrogens is 256 g/mol. The van der Waals surface area contributed by atoms with Gasteiger partial charge in [-0.05, 0) is 26.0 Å². The Morgan fingerprint density at radius 1 is 1.60 bits per heavy atom. The van der Waals surface area contributed by atoms with E-state index in [1.165, 1.54) is 6.08 Å². The summed E-state index contributed by atoms with van der Waals surface area (Å²) in [6, 6.07) is 3.52. The minimum atomic E-state index is -0.767. The Balaban J connectivity index is 2.61. The Hall–Kier alpha value is -2.81. The third-order valence-electron chi connectivity index (χ3n) is 2.61. The highest BCUT2D eigenvalue weighted by Crippen LogP contribution is 2.29. The zero-order chi connectivity index (χ0) is 14.7. The summed E-state index contributed by atoms with van der Waals surface area (Å²) in [4.78, 5) is 18.3. The second-order valence-corrected chi connectivity index (χ2v) is 4.48. The molecule has 0 spiro atoms. The summed E-state index contributed by atoms with van der Waals surface area (Å²) >= 11 is 0. The molecule has 20 heavy (non-hydrogen) atoms. The molecule has 0 aromatic carbocycles. The van der Waals surface area contributed by atoms with Crippen LogP contribution in [0.25, 0.3) is 17.1 Å². The van der Waals surface area contributed by atoms with Gasteiger partial charge in [0.05, 0.1) is 11.5 Å². The fraction of sp³-hybridized carbons (Fsp3) is 0.214. The molecule has 2 heterocycles. The summed E-state index contributed by atoms with van der Waals surface area (Å²) < 4.78 is 5.71. The molecule has 6 nitrogen and oxygen atoms in total. The number of primary amides is 1. The van der Waals surface area contributed by atoms with Gasteiger partial charge >= 0.3 is 0 Å². The molecule has 0 aliphatic rings. The summed E-state index contributed by atoms with van der Waals surface area (Å²) in [6.07, 6.45) is 4.71. The van der Waals surface area contributed by atoms with Crippen LogP contribution in [-0.4, -0.2) is 22.0 Å². The summed E-state index contributed by atoms with van der Waals surface area (Å²) in [5, 5.41) is 9.62. The molecule has 0 saturated carbocycles. The maximum Gasteiger partial charge on any atom is 0.259 e. The number of carbonyl (C=O) groups is 1. The first-order chi connectivity index (χ1) is 9.52. The number of aromatic amines is 1. The monoisotopic (exact) mass is 270 g/mol. The number of nitrogens with two attached hydrogens (primary N) is 1. The predicted octanol–water partition coefficient (Wildman–Crippen LogP) is 1.74. The molecule has 1 amide bonds. The van der Waals surface area contributed by atoms with E-state index >= 15 is 0 Å². The van der Waals surface area contributed by atoms with Crippen molar-refractivity contribution >= 4 is 23.0 Å².